The molecular weight excluding hydrogens is 248 g/mol. The number of rotatable bonds is 4. The third-order valence-electron chi connectivity index (χ3n) is 2.81. The van der Waals surface area contributed by atoms with Crippen LogP contribution in [0.15, 0.2) is 54.6 Å². The Morgan fingerprint density at radius 1 is 0.900 bits per heavy atom. The Morgan fingerprint density at radius 3 is 2.00 bits per heavy atom. The van der Waals surface area contributed by atoms with E-state index >= 15 is 0 Å². The lowest BCUT2D eigenvalue weighted by atomic mass is 10.1. The van der Waals surface area contributed by atoms with Gasteiger partial charge in [-0.15, -0.1) is 0 Å². The van der Waals surface area contributed by atoms with Crippen LogP contribution in [0.25, 0.3) is 0 Å². The zero-order chi connectivity index (χ0) is 14.8. The van der Waals surface area contributed by atoms with Crippen molar-refractivity contribution < 1.29 is 9.53 Å². The van der Waals surface area contributed by atoms with Gasteiger partial charge in [-0.25, -0.2) is 4.79 Å². The van der Waals surface area contributed by atoms with Crippen LogP contribution < -0.4 is 0 Å². The van der Waals surface area contributed by atoms with E-state index in [1.807, 2.05) is 44.2 Å². The number of benzene rings is 2. The van der Waals surface area contributed by atoms with Crippen LogP contribution in [0.1, 0.15) is 42.3 Å². The first-order valence-corrected chi connectivity index (χ1v) is 7.09. The van der Waals surface area contributed by atoms with Crippen molar-refractivity contribution in [3.8, 4) is 0 Å². The molecule has 2 aromatic carbocycles. The number of hydrogen-bond acceptors (Lipinski definition) is 2. The summed E-state index contributed by atoms with van der Waals surface area (Å²) in [6.45, 7) is 6.43. The maximum Gasteiger partial charge on any atom is 0.338 e. The van der Waals surface area contributed by atoms with Gasteiger partial charge in [-0.05, 0) is 29.7 Å². The average molecular weight is 270 g/mol. The van der Waals surface area contributed by atoms with Crippen LogP contribution in [0.4, 0.5) is 0 Å². The van der Waals surface area contributed by atoms with Gasteiger partial charge >= 0.3 is 5.97 Å². The van der Waals surface area contributed by atoms with Crippen LogP contribution in [-0.2, 0) is 17.8 Å². The number of esters is 1. The monoisotopic (exact) mass is 270 g/mol. The molecule has 0 aromatic heterocycles. The zero-order valence-corrected chi connectivity index (χ0v) is 12.4. The minimum Gasteiger partial charge on any atom is -0.457 e. The molecule has 0 bridgehead atoms. The Bertz CT molecular complexity index is 501. The molecule has 0 fully saturated rings. The smallest absolute Gasteiger partial charge is 0.338 e. The van der Waals surface area contributed by atoms with Crippen molar-refractivity contribution in [3.05, 3.63) is 71.3 Å². The van der Waals surface area contributed by atoms with Crippen LogP contribution in [0, 0.1) is 0 Å². The van der Waals surface area contributed by atoms with Crippen LogP contribution in [-0.4, -0.2) is 5.97 Å². The molecule has 0 amide bonds. The fraction of sp³-hybridized carbons (Fsp3) is 0.278. The summed E-state index contributed by atoms with van der Waals surface area (Å²) in [6, 6.07) is 17.1. The molecule has 106 valence electrons. The van der Waals surface area contributed by atoms with Gasteiger partial charge in [-0.2, -0.15) is 0 Å². The Hall–Kier alpha value is -2.09. The fourth-order valence-electron chi connectivity index (χ4n) is 1.68. The van der Waals surface area contributed by atoms with Crippen molar-refractivity contribution in [3.63, 3.8) is 0 Å². The summed E-state index contributed by atoms with van der Waals surface area (Å²) >= 11 is 0. The largest absolute Gasteiger partial charge is 0.457 e. The minimum absolute atomic E-state index is 0.282. The van der Waals surface area contributed by atoms with E-state index in [0.29, 0.717) is 12.2 Å². The molecule has 0 unspecified atom stereocenters. The van der Waals surface area contributed by atoms with Gasteiger partial charge in [0.15, 0.2) is 0 Å². The average Bonchev–Trinajstić information content (AvgIpc) is 2.55. The molecule has 0 spiro atoms. The molecule has 0 saturated carbocycles. The standard InChI is InChI=1S/C16H16O2.C2H6/c1-2-13-8-10-14(11-9-13)12-18-16(17)15-6-4-3-5-7-15;1-2/h3-11H,2,12H2,1H3;1-2H3. The van der Waals surface area contributed by atoms with Gasteiger partial charge in [-0.3, -0.25) is 0 Å². The first-order valence-electron chi connectivity index (χ1n) is 7.09. The number of carbonyl (C=O) groups is 1. The van der Waals surface area contributed by atoms with Gasteiger partial charge in [0.2, 0.25) is 0 Å². The second kappa shape index (κ2) is 8.92. The summed E-state index contributed by atoms with van der Waals surface area (Å²) in [5, 5.41) is 0. The van der Waals surface area contributed by atoms with E-state index in [-0.39, 0.29) is 5.97 Å². The van der Waals surface area contributed by atoms with E-state index in [0.717, 1.165) is 12.0 Å². The van der Waals surface area contributed by atoms with Crippen molar-refractivity contribution in [1.82, 2.24) is 0 Å². The Kier molecular flexibility index (Phi) is 7.12. The highest BCUT2D eigenvalue weighted by molar-refractivity contribution is 5.89. The quantitative estimate of drug-likeness (QED) is 0.757. The van der Waals surface area contributed by atoms with Gasteiger partial charge < -0.3 is 4.74 Å². The topological polar surface area (TPSA) is 26.3 Å². The number of carbonyl (C=O) groups excluding carboxylic acids is 1. The molecule has 0 atom stereocenters. The molecule has 2 nitrogen and oxygen atoms in total. The van der Waals surface area contributed by atoms with E-state index in [4.69, 9.17) is 4.74 Å². The van der Waals surface area contributed by atoms with Crippen LogP contribution in [0.3, 0.4) is 0 Å². The lowest BCUT2D eigenvalue weighted by molar-refractivity contribution is 0.0472. The van der Waals surface area contributed by atoms with Crippen molar-refractivity contribution >= 4 is 5.97 Å². The first kappa shape index (κ1) is 16.0. The van der Waals surface area contributed by atoms with Crippen LogP contribution in [0.5, 0.6) is 0 Å². The van der Waals surface area contributed by atoms with E-state index in [2.05, 4.69) is 19.1 Å². The predicted octanol–water partition coefficient (Wildman–Crippen LogP) is 4.63. The maximum atomic E-state index is 11.7. The Morgan fingerprint density at radius 2 is 1.45 bits per heavy atom. The van der Waals surface area contributed by atoms with Crippen molar-refractivity contribution in [2.24, 2.45) is 0 Å². The third kappa shape index (κ3) is 4.88. The molecule has 0 aliphatic heterocycles. The zero-order valence-electron chi connectivity index (χ0n) is 12.4. The second-order valence-corrected chi connectivity index (χ2v) is 4.11. The molecule has 0 saturated heterocycles. The van der Waals surface area contributed by atoms with E-state index in [1.54, 1.807) is 12.1 Å². The number of hydrogen-bond donors (Lipinski definition) is 0. The molecular formula is C18H22O2. The molecule has 0 aliphatic carbocycles. The van der Waals surface area contributed by atoms with Crippen LogP contribution in [0.2, 0.25) is 0 Å². The highest BCUT2D eigenvalue weighted by atomic mass is 16.5. The number of ether oxygens (including phenoxy) is 1. The van der Waals surface area contributed by atoms with Crippen molar-refractivity contribution in [2.45, 2.75) is 33.8 Å². The van der Waals surface area contributed by atoms with Gasteiger partial charge in [0.1, 0.15) is 6.61 Å². The lowest BCUT2D eigenvalue weighted by Crippen LogP contribution is -2.04. The molecule has 2 rings (SSSR count). The Balaban J connectivity index is 0.000000956. The summed E-state index contributed by atoms with van der Waals surface area (Å²) in [7, 11) is 0. The molecule has 0 N–H and O–H groups in total. The maximum absolute atomic E-state index is 11.7. The van der Waals surface area contributed by atoms with Crippen LogP contribution >= 0.6 is 0 Å². The summed E-state index contributed by atoms with van der Waals surface area (Å²) < 4.78 is 5.25. The third-order valence-corrected chi connectivity index (χ3v) is 2.81. The molecule has 0 heterocycles. The molecule has 0 aliphatic rings. The SMILES string of the molecule is CC.CCc1ccc(COC(=O)c2ccccc2)cc1. The summed E-state index contributed by atoms with van der Waals surface area (Å²) in [4.78, 5) is 11.7. The molecule has 2 heteroatoms. The minimum atomic E-state index is -0.282. The summed E-state index contributed by atoms with van der Waals surface area (Å²) in [6.07, 6.45) is 1.02. The highest BCUT2D eigenvalue weighted by Gasteiger charge is 2.05. The van der Waals surface area contributed by atoms with Gasteiger partial charge in [-0.1, -0.05) is 63.2 Å². The highest BCUT2D eigenvalue weighted by Crippen LogP contribution is 2.08. The fourth-order valence-corrected chi connectivity index (χ4v) is 1.68. The van der Waals surface area contributed by atoms with Crippen molar-refractivity contribution in [1.29, 1.82) is 0 Å². The number of aryl methyl sites for hydroxylation is 1. The van der Waals surface area contributed by atoms with E-state index in [1.165, 1.54) is 5.56 Å². The molecule has 0 radical (unpaired) electrons. The van der Waals surface area contributed by atoms with Crippen molar-refractivity contribution in [2.75, 3.05) is 0 Å². The molecule has 2 aromatic rings. The second-order valence-electron chi connectivity index (χ2n) is 4.11. The first-order chi connectivity index (χ1) is 9.79. The predicted molar refractivity (Wildman–Crippen MR) is 82.7 cm³/mol. The van der Waals surface area contributed by atoms with E-state index < -0.39 is 0 Å². The van der Waals surface area contributed by atoms with E-state index in [9.17, 15) is 4.79 Å². The van der Waals surface area contributed by atoms with Gasteiger partial charge in [0, 0.05) is 0 Å². The summed E-state index contributed by atoms with van der Waals surface area (Å²) in [5.74, 6) is -0.282. The normalized spacial score (nSPS) is 9.35. The van der Waals surface area contributed by atoms with Gasteiger partial charge in [0.25, 0.3) is 0 Å². The molecule has 20 heavy (non-hydrogen) atoms. The Labute approximate surface area is 121 Å². The summed E-state index contributed by atoms with van der Waals surface area (Å²) in [5.41, 5.74) is 2.88. The van der Waals surface area contributed by atoms with Gasteiger partial charge in [0.05, 0.1) is 5.56 Å². The lowest BCUT2D eigenvalue weighted by Gasteiger charge is -2.05.